The number of nitro groups is 1. The second-order valence-electron chi connectivity index (χ2n) is 6.59. The molecule has 5 heteroatoms. The minimum atomic E-state index is -0.913. The first-order chi connectivity index (χ1) is 11.3. The monoisotopic (exact) mass is 327 g/mol. The summed E-state index contributed by atoms with van der Waals surface area (Å²) in [7, 11) is 0. The van der Waals surface area contributed by atoms with Crippen LogP contribution in [0.5, 0.6) is 0 Å². The highest BCUT2D eigenvalue weighted by atomic mass is 16.6. The van der Waals surface area contributed by atoms with Crippen LogP contribution in [0, 0.1) is 10.1 Å². The molecule has 0 bridgehead atoms. The van der Waals surface area contributed by atoms with E-state index < -0.39 is 29.0 Å². The van der Waals surface area contributed by atoms with Crippen molar-refractivity contribution in [3.05, 3.63) is 70.3 Å². The van der Waals surface area contributed by atoms with Crippen molar-refractivity contribution in [2.45, 2.75) is 32.3 Å². The molecule has 0 saturated heterocycles. The van der Waals surface area contributed by atoms with Crippen LogP contribution in [-0.4, -0.2) is 23.0 Å². The summed E-state index contributed by atoms with van der Waals surface area (Å²) in [6, 6.07) is 17.0. The van der Waals surface area contributed by atoms with Gasteiger partial charge in [0, 0.05) is 4.92 Å². The predicted molar refractivity (Wildman–Crippen MR) is 92.3 cm³/mol. The highest BCUT2D eigenvalue weighted by Gasteiger charge is 2.30. The van der Waals surface area contributed by atoms with E-state index in [1.807, 2.05) is 42.5 Å². The van der Waals surface area contributed by atoms with Crippen LogP contribution in [0.3, 0.4) is 0 Å². The third-order valence-electron chi connectivity index (χ3n) is 3.44. The normalized spacial score (nSPS) is 12.5. The number of ether oxygens (including phenoxy) is 1. The molecule has 0 radical (unpaired) electrons. The van der Waals surface area contributed by atoms with Crippen LogP contribution >= 0.6 is 0 Å². The average molecular weight is 327 g/mol. The number of carbonyl (C=O) groups is 1. The highest BCUT2D eigenvalue weighted by Crippen LogP contribution is 2.25. The number of nitrogens with zero attached hydrogens (tertiary/aromatic N) is 1. The molecular weight excluding hydrogens is 306 g/mol. The molecule has 1 atom stereocenters. The van der Waals surface area contributed by atoms with Crippen molar-refractivity contribution in [2.75, 3.05) is 6.54 Å². The van der Waals surface area contributed by atoms with E-state index in [1.165, 1.54) is 0 Å². The first kappa shape index (κ1) is 17.7. The molecule has 2 aromatic rings. The second kappa shape index (κ2) is 7.25. The summed E-state index contributed by atoms with van der Waals surface area (Å²) in [4.78, 5) is 22.8. The van der Waals surface area contributed by atoms with E-state index >= 15 is 0 Å². The Bertz CT molecular complexity index is 702. The molecule has 0 aliphatic rings. The molecular formula is C19H21NO4. The Hall–Kier alpha value is -2.69. The largest absolute Gasteiger partial charge is 0.459 e. The summed E-state index contributed by atoms with van der Waals surface area (Å²) in [5.41, 5.74) is 1.94. The zero-order valence-electron chi connectivity index (χ0n) is 14.1. The van der Waals surface area contributed by atoms with Gasteiger partial charge in [0.1, 0.15) is 11.5 Å². The second-order valence-corrected chi connectivity index (χ2v) is 6.59. The van der Waals surface area contributed by atoms with Gasteiger partial charge in [0.25, 0.3) is 0 Å². The molecule has 24 heavy (non-hydrogen) atoms. The third kappa shape index (κ3) is 4.91. The van der Waals surface area contributed by atoms with Gasteiger partial charge in [0.15, 0.2) is 0 Å². The first-order valence-electron chi connectivity index (χ1n) is 7.76. The van der Waals surface area contributed by atoms with Gasteiger partial charge in [-0.15, -0.1) is 0 Å². The van der Waals surface area contributed by atoms with Gasteiger partial charge in [-0.05, 0) is 37.5 Å². The van der Waals surface area contributed by atoms with Gasteiger partial charge >= 0.3 is 5.97 Å². The van der Waals surface area contributed by atoms with Gasteiger partial charge in [-0.3, -0.25) is 14.9 Å². The molecule has 126 valence electrons. The summed E-state index contributed by atoms with van der Waals surface area (Å²) in [5.74, 6) is -1.49. The minimum Gasteiger partial charge on any atom is -0.459 e. The number of carbonyl (C=O) groups excluding carboxylic acids is 1. The number of rotatable bonds is 5. The summed E-state index contributed by atoms with van der Waals surface area (Å²) in [6.45, 7) is 4.74. The van der Waals surface area contributed by atoms with Crippen LogP contribution in [-0.2, 0) is 9.53 Å². The molecule has 0 fully saturated rings. The zero-order chi connectivity index (χ0) is 17.7. The summed E-state index contributed by atoms with van der Waals surface area (Å²) in [5, 5.41) is 10.9. The topological polar surface area (TPSA) is 69.4 Å². The fourth-order valence-corrected chi connectivity index (χ4v) is 2.38. The Balaban J connectivity index is 2.26. The summed E-state index contributed by atoms with van der Waals surface area (Å²) in [6.07, 6.45) is 0. The van der Waals surface area contributed by atoms with E-state index in [0.717, 1.165) is 11.1 Å². The van der Waals surface area contributed by atoms with E-state index in [-0.39, 0.29) is 0 Å². The Morgan fingerprint density at radius 3 is 2.08 bits per heavy atom. The van der Waals surface area contributed by atoms with Crippen LogP contribution in [0.15, 0.2) is 54.6 Å². The average Bonchev–Trinajstić information content (AvgIpc) is 2.52. The van der Waals surface area contributed by atoms with Crippen molar-refractivity contribution in [1.29, 1.82) is 0 Å². The summed E-state index contributed by atoms with van der Waals surface area (Å²) >= 11 is 0. The van der Waals surface area contributed by atoms with E-state index in [0.29, 0.717) is 5.56 Å². The molecule has 0 heterocycles. The van der Waals surface area contributed by atoms with Gasteiger partial charge < -0.3 is 4.74 Å². The van der Waals surface area contributed by atoms with Crippen molar-refractivity contribution in [3.63, 3.8) is 0 Å². The molecule has 2 rings (SSSR count). The number of hydrogen-bond donors (Lipinski definition) is 0. The SMILES string of the molecule is CC(C)(C)OC(=O)[C@@H](C[N+](=O)[O-])c1ccc(-c2ccccc2)cc1. The first-order valence-corrected chi connectivity index (χ1v) is 7.76. The molecule has 0 amide bonds. The van der Waals surface area contributed by atoms with E-state index in [1.54, 1.807) is 32.9 Å². The molecule has 5 nitrogen and oxygen atoms in total. The quantitative estimate of drug-likeness (QED) is 0.472. The Labute approximate surface area is 141 Å². The van der Waals surface area contributed by atoms with Crippen molar-refractivity contribution >= 4 is 5.97 Å². The van der Waals surface area contributed by atoms with Crippen LogP contribution in [0.4, 0.5) is 0 Å². The molecule has 0 aliphatic heterocycles. The lowest BCUT2D eigenvalue weighted by Crippen LogP contribution is -2.30. The molecule has 0 aliphatic carbocycles. The minimum absolute atomic E-state index is 0.486. The van der Waals surface area contributed by atoms with Gasteiger partial charge in [-0.2, -0.15) is 0 Å². The van der Waals surface area contributed by atoms with Gasteiger partial charge in [-0.25, -0.2) is 0 Å². The Kier molecular flexibility index (Phi) is 5.34. The van der Waals surface area contributed by atoms with Crippen molar-refractivity contribution < 1.29 is 14.5 Å². The fourth-order valence-electron chi connectivity index (χ4n) is 2.38. The Morgan fingerprint density at radius 1 is 1.04 bits per heavy atom. The molecule has 0 spiro atoms. The maximum atomic E-state index is 12.3. The number of hydrogen-bond acceptors (Lipinski definition) is 4. The molecule has 0 aromatic heterocycles. The van der Waals surface area contributed by atoms with Crippen LogP contribution in [0.2, 0.25) is 0 Å². The fraction of sp³-hybridized carbons (Fsp3) is 0.316. The van der Waals surface area contributed by atoms with Crippen molar-refractivity contribution in [3.8, 4) is 11.1 Å². The van der Waals surface area contributed by atoms with E-state index in [2.05, 4.69) is 0 Å². The maximum absolute atomic E-state index is 12.3. The van der Waals surface area contributed by atoms with E-state index in [9.17, 15) is 14.9 Å². The van der Waals surface area contributed by atoms with Crippen molar-refractivity contribution in [1.82, 2.24) is 0 Å². The highest BCUT2D eigenvalue weighted by molar-refractivity contribution is 5.79. The third-order valence-corrected chi connectivity index (χ3v) is 3.44. The lowest BCUT2D eigenvalue weighted by Gasteiger charge is -2.22. The molecule has 0 saturated carbocycles. The van der Waals surface area contributed by atoms with Crippen LogP contribution in [0.25, 0.3) is 11.1 Å². The van der Waals surface area contributed by atoms with Crippen molar-refractivity contribution in [2.24, 2.45) is 0 Å². The standard InChI is InChI=1S/C19H21NO4/c1-19(2,3)24-18(21)17(13-20(22)23)16-11-9-15(10-12-16)14-7-5-4-6-8-14/h4-12,17H,13H2,1-3H3/t17-/m0/s1. The molecule has 2 aromatic carbocycles. The molecule has 0 N–H and O–H groups in total. The number of esters is 1. The Morgan fingerprint density at radius 2 is 1.58 bits per heavy atom. The maximum Gasteiger partial charge on any atom is 0.320 e. The predicted octanol–water partition coefficient (Wildman–Crippen LogP) is 4.06. The van der Waals surface area contributed by atoms with Crippen LogP contribution < -0.4 is 0 Å². The summed E-state index contributed by atoms with van der Waals surface area (Å²) < 4.78 is 5.33. The zero-order valence-corrected chi connectivity index (χ0v) is 14.1. The van der Waals surface area contributed by atoms with Gasteiger partial charge in [0.05, 0.1) is 0 Å². The molecule has 0 unspecified atom stereocenters. The smallest absolute Gasteiger partial charge is 0.320 e. The lowest BCUT2D eigenvalue weighted by atomic mass is 9.96. The lowest BCUT2D eigenvalue weighted by molar-refractivity contribution is -0.481. The van der Waals surface area contributed by atoms with E-state index in [4.69, 9.17) is 4.74 Å². The number of benzene rings is 2. The van der Waals surface area contributed by atoms with Crippen LogP contribution in [0.1, 0.15) is 32.3 Å². The van der Waals surface area contributed by atoms with Gasteiger partial charge in [0.2, 0.25) is 6.54 Å². The van der Waals surface area contributed by atoms with Gasteiger partial charge in [-0.1, -0.05) is 54.6 Å².